The second kappa shape index (κ2) is 7.93. The Kier molecular flexibility index (Phi) is 5.37. The lowest BCUT2D eigenvalue weighted by Crippen LogP contribution is -2.32. The molecule has 2 fully saturated rings. The number of benzene rings is 1. The lowest BCUT2D eigenvalue weighted by atomic mass is 10.0. The van der Waals surface area contributed by atoms with Gasteiger partial charge in [0.05, 0.1) is 12.6 Å². The van der Waals surface area contributed by atoms with Gasteiger partial charge in [-0.2, -0.15) is 4.98 Å². The van der Waals surface area contributed by atoms with Gasteiger partial charge in [-0.15, -0.1) is 0 Å². The number of carbonyl (C=O) groups excluding carboxylic acids is 1. The van der Waals surface area contributed by atoms with Gasteiger partial charge in [-0.1, -0.05) is 11.6 Å². The Labute approximate surface area is 169 Å². The number of aromatic nitrogens is 2. The normalized spacial score (nSPS) is 19.9. The predicted molar refractivity (Wildman–Crippen MR) is 110 cm³/mol. The quantitative estimate of drug-likeness (QED) is 0.816. The molecule has 0 bridgehead atoms. The number of rotatable bonds is 4. The Hall–Kier alpha value is -2.38. The third kappa shape index (κ3) is 4.20. The Morgan fingerprint density at radius 2 is 2.14 bits per heavy atom. The molecule has 28 heavy (non-hydrogen) atoms. The summed E-state index contributed by atoms with van der Waals surface area (Å²) in [5, 5.41) is 3.62. The predicted octanol–water partition coefficient (Wildman–Crippen LogP) is 3.34. The minimum atomic E-state index is -0.138. The first-order valence-corrected chi connectivity index (χ1v) is 9.95. The van der Waals surface area contributed by atoms with E-state index in [2.05, 4.69) is 20.2 Å². The fourth-order valence-electron chi connectivity index (χ4n) is 3.50. The summed E-state index contributed by atoms with van der Waals surface area (Å²) < 4.78 is 5.84. The average molecular weight is 402 g/mol. The fourth-order valence-corrected chi connectivity index (χ4v) is 3.74. The molecule has 2 heterocycles. The zero-order valence-corrected chi connectivity index (χ0v) is 16.6. The van der Waals surface area contributed by atoms with E-state index in [1.807, 2.05) is 31.2 Å². The van der Waals surface area contributed by atoms with E-state index in [0.29, 0.717) is 18.2 Å². The van der Waals surface area contributed by atoms with E-state index in [4.69, 9.17) is 22.1 Å². The Morgan fingerprint density at radius 1 is 1.32 bits per heavy atom. The van der Waals surface area contributed by atoms with Crippen LogP contribution in [0.25, 0.3) is 0 Å². The average Bonchev–Trinajstić information content (AvgIpc) is 3.49. The molecule has 1 unspecified atom stereocenters. The molecule has 2 aliphatic rings. The summed E-state index contributed by atoms with van der Waals surface area (Å²) in [6.07, 6.45) is 2.80. The third-order valence-electron chi connectivity index (χ3n) is 5.06. The number of nitrogens with one attached hydrogen (secondary N) is 1. The minimum absolute atomic E-state index is 0.0708. The van der Waals surface area contributed by atoms with Crippen molar-refractivity contribution >= 4 is 35.0 Å². The van der Waals surface area contributed by atoms with Crippen molar-refractivity contribution in [2.24, 2.45) is 5.92 Å². The van der Waals surface area contributed by atoms with Crippen LogP contribution < -0.4 is 16.0 Å². The molecule has 1 saturated heterocycles. The summed E-state index contributed by atoms with van der Waals surface area (Å²) in [7, 11) is 0. The second-order valence-corrected chi connectivity index (χ2v) is 7.77. The minimum Gasteiger partial charge on any atom is -0.379 e. The molecule has 1 amide bonds. The van der Waals surface area contributed by atoms with Crippen molar-refractivity contribution in [3.05, 3.63) is 40.5 Å². The Bertz CT molecular complexity index is 867. The van der Waals surface area contributed by atoms with Crippen LogP contribution in [0.4, 0.5) is 17.5 Å². The van der Waals surface area contributed by atoms with Gasteiger partial charge in [-0.05, 0) is 49.9 Å². The van der Waals surface area contributed by atoms with Crippen LogP contribution in [0.5, 0.6) is 0 Å². The number of hydrogen-bond donors (Lipinski definition) is 2. The Morgan fingerprint density at radius 3 is 2.89 bits per heavy atom. The number of ether oxygens (including phenoxy) is 1. The van der Waals surface area contributed by atoms with E-state index < -0.39 is 0 Å². The van der Waals surface area contributed by atoms with E-state index in [0.717, 1.165) is 48.6 Å². The summed E-state index contributed by atoms with van der Waals surface area (Å²) in [6, 6.07) is 7.37. The monoisotopic (exact) mass is 401 g/mol. The first-order valence-electron chi connectivity index (χ1n) is 9.57. The second-order valence-electron chi connectivity index (χ2n) is 7.36. The molecule has 1 aromatic carbocycles. The van der Waals surface area contributed by atoms with Gasteiger partial charge in [0.25, 0.3) is 0 Å². The van der Waals surface area contributed by atoms with Crippen molar-refractivity contribution in [2.75, 3.05) is 35.7 Å². The summed E-state index contributed by atoms with van der Waals surface area (Å²) in [5.74, 6) is 1.21. The molecule has 7 nitrogen and oxygen atoms in total. The van der Waals surface area contributed by atoms with Crippen LogP contribution in [0.3, 0.4) is 0 Å². The van der Waals surface area contributed by atoms with Crippen LogP contribution in [-0.2, 0) is 9.53 Å². The number of hydrogen-bond acceptors (Lipinski definition) is 6. The summed E-state index contributed by atoms with van der Waals surface area (Å²) in [6.45, 7) is 3.80. The molecule has 1 aliphatic heterocycles. The molecule has 1 aliphatic carbocycles. The van der Waals surface area contributed by atoms with E-state index in [1.165, 1.54) is 0 Å². The summed E-state index contributed by atoms with van der Waals surface area (Å²) in [5.41, 5.74) is 8.33. The van der Waals surface area contributed by atoms with Crippen molar-refractivity contribution in [3.8, 4) is 0 Å². The van der Waals surface area contributed by atoms with E-state index in [9.17, 15) is 4.79 Å². The topological polar surface area (TPSA) is 93.4 Å². The molecule has 1 aromatic heterocycles. The van der Waals surface area contributed by atoms with Gasteiger partial charge in [0.2, 0.25) is 11.9 Å². The van der Waals surface area contributed by atoms with Crippen molar-refractivity contribution in [1.29, 1.82) is 0 Å². The number of amides is 1. The maximum Gasteiger partial charge on any atom is 0.227 e. The zero-order valence-electron chi connectivity index (χ0n) is 15.8. The highest BCUT2D eigenvalue weighted by Gasteiger charge is 2.30. The molecule has 1 atom stereocenters. The largest absolute Gasteiger partial charge is 0.379 e. The van der Waals surface area contributed by atoms with Gasteiger partial charge in [0.15, 0.2) is 0 Å². The van der Waals surface area contributed by atoms with E-state index in [-0.39, 0.29) is 23.8 Å². The third-order valence-corrected chi connectivity index (χ3v) is 5.41. The lowest BCUT2D eigenvalue weighted by Gasteiger charge is -2.31. The van der Waals surface area contributed by atoms with Crippen LogP contribution in [0.15, 0.2) is 24.3 Å². The fraction of sp³-hybridized carbons (Fsp3) is 0.450. The summed E-state index contributed by atoms with van der Waals surface area (Å²) >= 11 is 6.56. The SMILES string of the molecule is Cc1cc(N2CCCOCC2c2cc(NC(=O)C3CC3)ccc2Cl)nc(N)n1. The van der Waals surface area contributed by atoms with Crippen molar-refractivity contribution in [1.82, 2.24) is 9.97 Å². The molecule has 0 radical (unpaired) electrons. The molecule has 2 aromatic rings. The van der Waals surface area contributed by atoms with Gasteiger partial charge >= 0.3 is 0 Å². The smallest absolute Gasteiger partial charge is 0.227 e. The zero-order chi connectivity index (χ0) is 19.7. The number of halogens is 1. The molecular formula is C20H24ClN5O2. The first kappa shape index (κ1) is 19.0. The lowest BCUT2D eigenvalue weighted by molar-refractivity contribution is -0.117. The highest BCUT2D eigenvalue weighted by atomic mass is 35.5. The van der Waals surface area contributed by atoms with Crippen LogP contribution in [-0.4, -0.2) is 35.6 Å². The molecule has 1 saturated carbocycles. The van der Waals surface area contributed by atoms with Gasteiger partial charge in [0.1, 0.15) is 5.82 Å². The van der Waals surface area contributed by atoms with Crippen molar-refractivity contribution in [2.45, 2.75) is 32.2 Å². The van der Waals surface area contributed by atoms with Gasteiger partial charge in [-0.3, -0.25) is 4.79 Å². The van der Waals surface area contributed by atoms with Crippen LogP contribution >= 0.6 is 11.6 Å². The van der Waals surface area contributed by atoms with Crippen molar-refractivity contribution in [3.63, 3.8) is 0 Å². The number of nitrogens with zero attached hydrogens (tertiary/aromatic N) is 3. The molecule has 0 spiro atoms. The number of aryl methyl sites for hydroxylation is 1. The van der Waals surface area contributed by atoms with Gasteiger partial charge in [-0.25, -0.2) is 4.98 Å². The molecule has 148 valence electrons. The number of anilines is 3. The summed E-state index contributed by atoms with van der Waals surface area (Å²) in [4.78, 5) is 22.9. The standard InChI is InChI=1S/C20H24ClN5O2/c1-12-9-18(25-20(22)23-12)26-7-2-8-28-11-17(26)15-10-14(5-6-16(15)21)24-19(27)13-3-4-13/h5-6,9-10,13,17H,2-4,7-8,11H2,1H3,(H,24,27)(H2,22,23,25). The number of nitrogens with two attached hydrogens (primary N) is 1. The number of carbonyl (C=O) groups is 1. The first-order chi connectivity index (χ1) is 13.5. The van der Waals surface area contributed by atoms with Crippen LogP contribution in [0.1, 0.15) is 36.6 Å². The highest BCUT2D eigenvalue weighted by Crippen LogP contribution is 2.35. The number of nitrogen functional groups attached to an aromatic ring is 1. The Balaban J connectivity index is 1.68. The van der Waals surface area contributed by atoms with E-state index in [1.54, 1.807) is 0 Å². The van der Waals surface area contributed by atoms with Crippen LogP contribution in [0.2, 0.25) is 5.02 Å². The molecular weight excluding hydrogens is 378 g/mol. The van der Waals surface area contributed by atoms with Crippen LogP contribution in [0, 0.1) is 12.8 Å². The maximum absolute atomic E-state index is 12.2. The van der Waals surface area contributed by atoms with Gasteiger partial charge in [0, 0.05) is 41.5 Å². The highest BCUT2D eigenvalue weighted by molar-refractivity contribution is 6.31. The maximum atomic E-state index is 12.2. The molecule has 4 rings (SSSR count). The van der Waals surface area contributed by atoms with Crippen molar-refractivity contribution < 1.29 is 9.53 Å². The van der Waals surface area contributed by atoms with E-state index >= 15 is 0 Å². The van der Waals surface area contributed by atoms with Gasteiger partial charge < -0.3 is 20.7 Å². The molecule has 3 N–H and O–H groups in total. The molecule has 8 heteroatoms.